The van der Waals surface area contributed by atoms with Crippen molar-refractivity contribution in [2.75, 3.05) is 5.32 Å². The SMILES string of the molecule is CC(=O)Nc1nc2c(OC(C)=O)cccc2s1. The molecule has 17 heavy (non-hydrogen) atoms. The second-order valence-corrected chi connectivity index (χ2v) is 4.43. The summed E-state index contributed by atoms with van der Waals surface area (Å²) in [4.78, 5) is 26.1. The van der Waals surface area contributed by atoms with Gasteiger partial charge in [-0.2, -0.15) is 0 Å². The van der Waals surface area contributed by atoms with Crippen molar-refractivity contribution in [3.05, 3.63) is 18.2 Å². The van der Waals surface area contributed by atoms with Crippen molar-refractivity contribution < 1.29 is 14.3 Å². The first-order valence-electron chi connectivity index (χ1n) is 4.92. The molecular formula is C11H10N2O3S. The molecule has 1 N–H and O–H groups in total. The van der Waals surface area contributed by atoms with Gasteiger partial charge in [-0.15, -0.1) is 0 Å². The van der Waals surface area contributed by atoms with E-state index in [4.69, 9.17) is 4.74 Å². The number of ether oxygens (including phenoxy) is 1. The van der Waals surface area contributed by atoms with E-state index < -0.39 is 5.97 Å². The topological polar surface area (TPSA) is 68.3 Å². The Kier molecular flexibility index (Phi) is 3.06. The first-order chi connectivity index (χ1) is 8.06. The van der Waals surface area contributed by atoms with Crippen molar-refractivity contribution >= 4 is 38.6 Å². The van der Waals surface area contributed by atoms with E-state index in [-0.39, 0.29) is 5.91 Å². The molecule has 5 nitrogen and oxygen atoms in total. The molecule has 2 aromatic rings. The number of aromatic nitrogens is 1. The molecule has 88 valence electrons. The number of hydrogen-bond donors (Lipinski definition) is 1. The highest BCUT2D eigenvalue weighted by Crippen LogP contribution is 2.32. The number of thiazole rings is 1. The van der Waals surface area contributed by atoms with E-state index in [1.165, 1.54) is 25.2 Å². The van der Waals surface area contributed by atoms with Crippen molar-refractivity contribution in [2.24, 2.45) is 0 Å². The molecule has 0 fully saturated rings. The van der Waals surface area contributed by atoms with E-state index in [0.717, 1.165) is 4.70 Å². The summed E-state index contributed by atoms with van der Waals surface area (Å²) in [6.45, 7) is 2.75. The van der Waals surface area contributed by atoms with Gasteiger partial charge in [0.05, 0.1) is 4.70 Å². The highest BCUT2D eigenvalue weighted by atomic mass is 32.1. The van der Waals surface area contributed by atoms with Gasteiger partial charge in [0, 0.05) is 13.8 Å². The van der Waals surface area contributed by atoms with E-state index in [2.05, 4.69) is 10.3 Å². The van der Waals surface area contributed by atoms with Gasteiger partial charge in [-0.05, 0) is 12.1 Å². The lowest BCUT2D eigenvalue weighted by Gasteiger charge is -2.00. The van der Waals surface area contributed by atoms with Crippen LogP contribution in [0.1, 0.15) is 13.8 Å². The number of esters is 1. The van der Waals surface area contributed by atoms with Crippen molar-refractivity contribution in [3.63, 3.8) is 0 Å². The predicted octanol–water partition coefficient (Wildman–Crippen LogP) is 2.18. The molecule has 1 aromatic carbocycles. The van der Waals surface area contributed by atoms with Crippen molar-refractivity contribution in [2.45, 2.75) is 13.8 Å². The third-order valence-corrected chi connectivity index (χ3v) is 2.85. The molecule has 0 saturated heterocycles. The molecule has 0 saturated carbocycles. The summed E-state index contributed by atoms with van der Waals surface area (Å²) in [7, 11) is 0. The summed E-state index contributed by atoms with van der Waals surface area (Å²) in [6.07, 6.45) is 0. The monoisotopic (exact) mass is 250 g/mol. The number of hydrogen-bond acceptors (Lipinski definition) is 5. The summed E-state index contributed by atoms with van der Waals surface area (Å²) >= 11 is 1.33. The van der Waals surface area contributed by atoms with Crippen LogP contribution in [-0.4, -0.2) is 16.9 Å². The zero-order chi connectivity index (χ0) is 12.4. The van der Waals surface area contributed by atoms with Gasteiger partial charge in [0.25, 0.3) is 0 Å². The van der Waals surface area contributed by atoms with Crippen LogP contribution in [0.4, 0.5) is 5.13 Å². The fourth-order valence-corrected chi connectivity index (χ4v) is 2.29. The summed E-state index contributed by atoms with van der Waals surface area (Å²) in [5.41, 5.74) is 0.580. The minimum absolute atomic E-state index is 0.182. The third-order valence-electron chi connectivity index (χ3n) is 1.92. The Labute approximate surface area is 101 Å². The van der Waals surface area contributed by atoms with Gasteiger partial charge >= 0.3 is 5.97 Å². The van der Waals surface area contributed by atoms with Crippen LogP contribution < -0.4 is 10.1 Å². The van der Waals surface area contributed by atoms with Crippen molar-refractivity contribution in [3.8, 4) is 5.75 Å². The minimum atomic E-state index is -0.397. The Morgan fingerprint density at radius 3 is 2.76 bits per heavy atom. The number of fused-ring (bicyclic) bond motifs is 1. The maximum absolute atomic E-state index is 10.9. The predicted molar refractivity (Wildman–Crippen MR) is 65.2 cm³/mol. The standard InChI is InChI=1S/C11H10N2O3S/c1-6(14)12-11-13-10-8(16-7(2)15)4-3-5-9(10)17-11/h3-5H,1-2H3,(H,12,13,14). The normalized spacial score (nSPS) is 10.2. The molecule has 2 rings (SSSR count). The summed E-state index contributed by atoms with van der Waals surface area (Å²) in [5, 5.41) is 3.10. The second kappa shape index (κ2) is 4.50. The Bertz CT molecular complexity index is 591. The van der Waals surface area contributed by atoms with Gasteiger partial charge < -0.3 is 10.1 Å². The van der Waals surface area contributed by atoms with Crippen LogP contribution in [0, 0.1) is 0 Å². The van der Waals surface area contributed by atoms with Crippen molar-refractivity contribution in [1.29, 1.82) is 0 Å². The third kappa shape index (κ3) is 2.59. The summed E-state index contributed by atoms with van der Waals surface area (Å²) in [5.74, 6) is -0.174. The Morgan fingerprint density at radius 2 is 2.12 bits per heavy atom. The highest BCUT2D eigenvalue weighted by molar-refractivity contribution is 7.22. The van der Waals surface area contributed by atoms with E-state index >= 15 is 0 Å². The number of anilines is 1. The smallest absolute Gasteiger partial charge is 0.308 e. The number of carbonyl (C=O) groups is 2. The zero-order valence-corrected chi connectivity index (χ0v) is 10.1. The Hall–Kier alpha value is -1.95. The van der Waals surface area contributed by atoms with Gasteiger partial charge in [0.2, 0.25) is 5.91 Å². The molecule has 1 amide bonds. The van der Waals surface area contributed by atoms with Crippen LogP contribution in [0.15, 0.2) is 18.2 Å². The van der Waals surface area contributed by atoms with Gasteiger partial charge in [0.1, 0.15) is 5.52 Å². The minimum Gasteiger partial charge on any atom is -0.424 e. The Morgan fingerprint density at radius 1 is 1.35 bits per heavy atom. The first-order valence-corrected chi connectivity index (χ1v) is 5.73. The number of para-hydroxylation sites is 1. The van der Waals surface area contributed by atoms with Gasteiger partial charge in [-0.1, -0.05) is 17.4 Å². The molecule has 6 heteroatoms. The molecule has 0 aliphatic heterocycles. The zero-order valence-electron chi connectivity index (χ0n) is 9.31. The number of benzene rings is 1. The number of rotatable bonds is 2. The van der Waals surface area contributed by atoms with Gasteiger partial charge in [-0.3, -0.25) is 9.59 Å². The molecule has 1 aromatic heterocycles. The fraction of sp³-hybridized carbons (Fsp3) is 0.182. The lowest BCUT2D eigenvalue weighted by Crippen LogP contribution is -2.05. The van der Waals surface area contributed by atoms with Crippen LogP contribution in [0.2, 0.25) is 0 Å². The van der Waals surface area contributed by atoms with E-state index in [1.54, 1.807) is 12.1 Å². The number of nitrogens with zero attached hydrogens (tertiary/aromatic N) is 1. The molecule has 0 atom stereocenters. The van der Waals surface area contributed by atoms with E-state index in [0.29, 0.717) is 16.4 Å². The molecule has 0 radical (unpaired) electrons. The second-order valence-electron chi connectivity index (χ2n) is 3.40. The summed E-state index contributed by atoms with van der Waals surface area (Å²) < 4.78 is 5.89. The molecule has 0 aliphatic rings. The largest absolute Gasteiger partial charge is 0.424 e. The van der Waals surface area contributed by atoms with Crippen LogP contribution in [0.3, 0.4) is 0 Å². The van der Waals surface area contributed by atoms with E-state index in [1.807, 2.05) is 6.07 Å². The van der Waals surface area contributed by atoms with Crippen LogP contribution in [0.25, 0.3) is 10.2 Å². The molecule has 0 unspecified atom stereocenters. The molecule has 0 spiro atoms. The molecule has 0 aliphatic carbocycles. The molecular weight excluding hydrogens is 240 g/mol. The highest BCUT2D eigenvalue weighted by Gasteiger charge is 2.10. The Balaban J connectivity index is 2.45. The molecule has 0 bridgehead atoms. The van der Waals surface area contributed by atoms with Crippen LogP contribution in [-0.2, 0) is 9.59 Å². The average molecular weight is 250 g/mol. The maximum Gasteiger partial charge on any atom is 0.308 e. The quantitative estimate of drug-likeness (QED) is 0.655. The fourth-order valence-electron chi connectivity index (χ4n) is 1.36. The first kappa shape index (κ1) is 11.5. The molecule has 1 heterocycles. The van der Waals surface area contributed by atoms with Crippen LogP contribution in [0.5, 0.6) is 5.75 Å². The number of amides is 1. The number of carbonyl (C=O) groups excluding carboxylic acids is 2. The van der Waals surface area contributed by atoms with E-state index in [9.17, 15) is 9.59 Å². The lowest BCUT2D eigenvalue weighted by molar-refractivity contribution is -0.131. The van der Waals surface area contributed by atoms with Gasteiger partial charge in [-0.25, -0.2) is 4.98 Å². The maximum atomic E-state index is 10.9. The van der Waals surface area contributed by atoms with Gasteiger partial charge in [0.15, 0.2) is 10.9 Å². The number of nitrogens with one attached hydrogen (secondary N) is 1. The lowest BCUT2D eigenvalue weighted by atomic mass is 10.3. The summed E-state index contributed by atoms with van der Waals surface area (Å²) in [6, 6.07) is 5.29. The van der Waals surface area contributed by atoms with Crippen LogP contribution >= 0.6 is 11.3 Å². The average Bonchev–Trinajstić information content (AvgIpc) is 2.59. The van der Waals surface area contributed by atoms with Crippen molar-refractivity contribution in [1.82, 2.24) is 4.98 Å².